The molecule has 0 aliphatic carbocycles. The highest BCUT2D eigenvalue weighted by atomic mass is 19.1. The van der Waals surface area contributed by atoms with Crippen LogP contribution in [0, 0.1) is 5.82 Å². The lowest BCUT2D eigenvalue weighted by molar-refractivity contribution is -0.135. The van der Waals surface area contributed by atoms with Crippen LogP contribution in [0.3, 0.4) is 0 Å². The Balaban J connectivity index is 1.50. The van der Waals surface area contributed by atoms with Gasteiger partial charge < -0.3 is 15.1 Å². The number of hydrogen-bond donors (Lipinski definition) is 1. The summed E-state index contributed by atoms with van der Waals surface area (Å²) in [6.07, 6.45) is 3.13. The molecule has 2 aromatic rings. The van der Waals surface area contributed by atoms with Gasteiger partial charge in [-0.2, -0.15) is 0 Å². The molecule has 6 heteroatoms. The number of rotatable bonds is 5. The number of carbonyl (C=O) groups excluding carboxylic acids is 2. The van der Waals surface area contributed by atoms with E-state index in [-0.39, 0.29) is 17.6 Å². The molecule has 1 aliphatic heterocycles. The largest absolute Gasteiger partial charge is 0.366 e. The summed E-state index contributed by atoms with van der Waals surface area (Å²) in [5.74, 6) is -0.697. The Morgan fingerprint density at radius 2 is 1.64 bits per heavy atom. The van der Waals surface area contributed by atoms with Crippen LogP contribution in [0.4, 0.5) is 10.1 Å². The molecule has 1 saturated heterocycles. The molecule has 3 rings (SSSR count). The molecule has 2 amide bonds. The van der Waals surface area contributed by atoms with Gasteiger partial charge in [-0.05, 0) is 30.7 Å². The maximum Gasteiger partial charge on any atom is 0.244 e. The first kappa shape index (κ1) is 19.6. The van der Waals surface area contributed by atoms with Gasteiger partial charge in [0.25, 0.3) is 0 Å². The van der Waals surface area contributed by atoms with Crippen molar-refractivity contribution in [3.63, 3.8) is 0 Å². The Hall–Kier alpha value is -3.15. The van der Waals surface area contributed by atoms with E-state index in [4.69, 9.17) is 0 Å². The van der Waals surface area contributed by atoms with Crippen molar-refractivity contribution in [2.45, 2.75) is 13.0 Å². The first-order valence-corrected chi connectivity index (χ1v) is 9.36. The Kier molecular flexibility index (Phi) is 6.42. The van der Waals surface area contributed by atoms with E-state index in [1.165, 1.54) is 12.1 Å². The standard InChI is InChI=1S/C22H24FN3O2/c1-17(24-21(27)12-11-18-7-3-2-4-8-18)22(28)26-15-13-25(14-16-26)20-10-6-5-9-19(20)23/h2-12,17H,13-16H2,1H3,(H,24,27)/b12-11+. The number of hydrogen-bond acceptors (Lipinski definition) is 3. The molecular weight excluding hydrogens is 357 g/mol. The normalized spacial score (nSPS) is 15.5. The molecule has 2 aromatic carbocycles. The van der Waals surface area contributed by atoms with E-state index in [0.29, 0.717) is 31.9 Å². The molecule has 146 valence electrons. The summed E-state index contributed by atoms with van der Waals surface area (Å²) in [4.78, 5) is 28.3. The lowest BCUT2D eigenvalue weighted by Gasteiger charge is -2.37. The summed E-state index contributed by atoms with van der Waals surface area (Å²) in [6, 6.07) is 15.5. The van der Waals surface area contributed by atoms with Gasteiger partial charge in [-0.25, -0.2) is 4.39 Å². The van der Waals surface area contributed by atoms with Gasteiger partial charge in [0.2, 0.25) is 11.8 Å². The summed E-state index contributed by atoms with van der Waals surface area (Å²) in [7, 11) is 0. The summed E-state index contributed by atoms with van der Waals surface area (Å²) < 4.78 is 13.9. The second-order valence-electron chi connectivity index (χ2n) is 6.74. The van der Waals surface area contributed by atoms with Gasteiger partial charge in [-0.3, -0.25) is 9.59 Å². The molecule has 5 nitrogen and oxygen atoms in total. The third-order valence-corrected chi connectivity index (χ3v) is 4.74. The average Bonchev–Trinajstić information content (AvgIpc) is 2.73. The van der Waals surface area contributed by atoms with E-state index in [9.17, 15) is 14.0 Å². The third kappa shape index (κ3) is 4.97. The molecule has 1 N–H and O–H groups in total. The van der Waals surface area contributed by atoms with Crippen LogP contribution in [0.15, 0.2) is 60.7 Å². The Morgan fingerprint density at radius 1 is 1.00 bits per heavy atom. The number of carbonyl (C=O) groups is 2. The number of nitrogens with zero attached hydrogens (tertiary/aromatic N) is 2. The monoisotopic (exact) mass is 381 g/mol. The minimum absolute atomic E-state index is 0.130. The highest BCUT2D eigenvalue weighted by Crippen LogP contribution is 2.20. The zero-order valence-corrected chi connectivity index (χ0v) is 15.8. The zero-order valence-electron chi connectivity index (χ0n) is 15.8. The fraction of sp³-hybridized carbons (Fsp3) is 0.273. The maximum absolute atomic E-state index is 13.9. The van der Waals surface area contributed by atoms with E-state index in [2.05, 4.69) is 5.32 Å². The van der Waals surface area contributed by atoms with Crippen molar-refractivity contribution in [2.24, 2.45) is 0 Å². The van der Waals surface area contributed by atoms with Crippen molar-refractivity contribution < 1.29 is 14.0 Å². The van der Waals surface area contributed by atoms with Crippen LogP contribution in [0.1, 0.15) is 12.5 Å². The van der Waals surface area contributed by atoms with Gasteiger partial charge >= 0.3 is 0 Å². The minimum Gasteiger partial charge on any atom is -0.366 e. The molecule has 1 unspecified atom stereocenters. The fourth-order valence-electron chi connectivity index (χ4n) is 3.21. The quantitative estimate of drug-likeness (QED) is 0.811. The summed E-state index contributed by atoms with van der Waals surface area (Å²) in [5, 5.41) is 2.71. The first-order chi connectivity index (χ1) is 13.5. The summed E-state index contributed by atoms with van der Waals surface area (Å²) >= 11 is 0. The minimum atomic E-state index is -0.618. The van der Waals surface area contributed by atoms with E-state index in [1.807, 2.05) is 35.2 Å². The number of benzene rings is 2. The van der Waals surface area contributed by atoms with Gasteiger partial charge in [0.1, 0.15) is 11.9 Å². The van der Waals surface area contributed by atoms with Crippen LogP contribution in [0.2, 0.25) is 0 Å². The van der Waals surface area contributed by atoms with E-state index in [0.717, 1.165) is 5.56 Å². The SMILES string of the molecule is CC(NC(=O)/C=C/c1ccccc1)C(=O)N1CCN(c2ccccc2F)CC1. The second-order valence-corrected chi connectivity index (χ2v) is 6.74. The molecule has 0 radical (unpaired) electrons. The average molecular weight is 381 g/mol. The summed E-state index contributed by atoms with van der Waals surface area (Å²) in [5.41, 5.74) is 1.47. The van der Waals surface area contributed by atoms with E-state index >= 15 is 0 Å². The van der Waals surface area contributed by atoms with Crippen LogP contribution in [-0.2, 0) is 9.59 Å². The number of amides is 2. The van der Waals surface area contributed by atoms with Crippen molar-refractivity contribution in [1.29, 1.82) is 0 Å². The molecule has 0 bridgehead atoms. The Labute approximate surface area is 164 Å². The molecule has 0 spiro atoms. The molecule has 0 saturated carbocycles. The van der Waals surface area contributed by atoms with Crippen molar-refractivity contribution >= 4 is 23.6 Å². The van der Waals surface area contributed by atoms with Crippen LogP contribution in [0.25, 0.3) is 6.08 Å². The number of piperazine rings is 1. The van der Waals surface area contributed by atoms with Crippen LogP contribution < -0.4 is 10.2 Å². The molecule has 1 aliphatic rings. The molecule has 28 heavy (non-hydrogen) atoms. The van der Waals surface area contributed by atoms with Crippen LogP contribution in [-0.4, -0.2) is 48.9 Å². The number of halogens is 1. The van der Waals surface area contributed by atoms with Gasteiger partial charge in [-0.1, -0.05) is 42.5 Å². The summed E-state index contributed by atoms with van der Waals surface area (Å²) in [6.45, 7) is 3.78. The molecule has 0 aromatic heterocycles. The number of nitrogens with one attached hydrogen (secondary N) is 1. The van der Waals surface area contributed by atoms with Crippen molar-refractivity contribution in [2.75, 3.05) is 31.1 Å². The molecular formula is C22H24FN3O2. The van der Waals surface area contributed by atoms with Crippen LogP contribution in [0.5, 0.6) is 0 Å². The molecule has 1 fully saturated rings. The topological polar surface area (TPSA) is 52.7 Å². The third-order valence-electron chi connectivity index (χ3n) is 4.74. The van der Waals surface area contributed by atoms with Gasteiger partial charge in [0.05, 0.1) is 5.69 Å². The van der Waals surface area contributed by atoms with E-state index in [1.54, 1.807) is 36.1 Å². The smallest absolute Gasteiger partial charge is 0.244 e. The predicted molar refractivity (Wildman–Crippen MR) is 108 cm³/mol. The zero-order chi connectivity index (χ0) is 19.9. The number of para-hydroxylation sites is 1. The second kappa shape index (κ2) is 9.17. The fourth-order valence-corrected chi connectivity index (χ4v) is 3.21. The van der Waals surface area contributed by atoms with Gasteiger partial charge in [0.15, 0.2) is 0 Å². The first-order valence-electron chi connectivity index (χ1n) is 9.36. The maximum atomic E-state index is 13.9. The highest BCUT2D eigenvalue weighted by molar-refractivity contribution is 5.95. The van der Waals surface area contributed by atoms with Crippen molar-refractivity contribution in [3.8, 4) is 0 Å². The van der Waals surface area contributed by atoms with Crippen molar-refractivity contribution in [3.05, 3.63) is 72.1 Å². The molecule has 1 heterocycles. The van der Waals surface area contributed by atoms with Gasteiger partial charge in [-0.15, -0.1) is 0 Å². The lowest BCUT2D eigenvalue weighted by Crippen LogP contribution is -2.54. The predicted octanol–water partition coefficient (Wildman–Crippen LogP) is 2.69. The van der Waals surface area contributed by atoms with Gasteiger partial charge in [0, 0.05) is 32.3 Å². The molecule has 1 atom stereocenters. The lowest BCUT2D eigenvalue weighted by atomic mass is 10.2. The van der Waals surface area contributed by atoms with E-state index < -0.39 is 6.04 Å². The highest BCUT2D eigenvalue weighted by Gasteiger charge is 2.26. The van der Waals surface area contributed by atoms with Crippen molar-refractivity contribution in [1.82, 2.24) is 10.2 Å². The Morgan fingerprint density at radius 3 is 2.32 bits per heavy atom. The van der Waals surface area contributed by atoms with Crippen LogP contribution >= 0.6 is 0 Å². The number of anilines is 1. The Bertz CT molecular complexity index is 846.